The van der Waals surface area contributed by atoms with Crippen molar-refractivity contribution in [2.24, 2.45) is 0 Å². The lowest BCUT2D eigenvalue weighted by molar-refractivity contribution is -0.139. The highest BCUT2D eigenvalue weighted by Gasteiger charge is 2.19. The minimum absolute atomic E-state index is 0.00581. The van der Waals surface area contributed by atoms with E-state index in [4.69, 9.17) is 9.84 Å². The lowest BCUT2D eigenvalue weighted by Crippen LogP contribution is -2.35. The van der Waals surface area contributed by atoms with Crippen molar-refractivity contribution in [1.82, 2.24) is 4.90 Å². The van der Waals surface area contributed by atoms with Crippen molar-refractivity contribution in [2.75, 3.05) is 26.8 Å². The fraction of sp³-hybridized carbons (Fsp3) is 0.462. The second-order valence-electron chi connectivity index (χ2n) is 4.05. The van der Waals surface area contributed by atoms with E-state index in [9.17, 15) is 4.79 Å². The van der Waals surface area contributed by atoms with E-state index in [-0.39, 0.29) is 12.6 Å². The molecule has 1 rings (SSSR count). The summed E-state index contributed by atoms with van der Waals surface area (Å²) in [5.41, 5.74) is 1.08. The quantitative estimate of drug-likeness (QED) is 0.840. The summed E-state index contributed by atoms with van der Waals surface area (Å²) in [6.07, 6.45) is 0. The van der Waals surface area contributed by atoms with Gasteiger partial charge in [0.25, 0.3) is 0 Å². The van der Waals surface area contributed by atoms with E-state index in [1.807, 2.05) is 36.1 Å². The monoisotopic (exact) mass is 315 g/mol. The van der Waals surface area contributed by atoms with Gasteiger partial charge in [0.1, 0.15) is 0 Å². The number of hydrogen-bond donors (Lipinski definition) is 1. The van der Waals surface area contributed by atoms with Gasteiger partial charge in [0.15, 0.2) is 0 Å². The lowest BCUT2D eigenvalue weighted by atomic mass is 10.1. The number of ether oxygens (including phenoxy) is 1. The normalized spacial score (nSPS) is 12.7. The first kappa shape index (κ1) is 15.1. The number of hydrogen-bond acceptors (Lipinski definition) is 3. The minimum atomic E-state index is -0.829. The molecule has 0 amide bonds. The molecule has 0 saturated heterocycles. The van der Waals surface area contributed by atoms with Crippen LogP contribution in [0.4, 0.5) is 0 Å². The zero-order chi connectivity index (χ0) is 13.5. The smallest absolute Gasteiger partial charge is 0.317 e. The Morgan fingerprint density at radius 2 is 2.17 bits per heavy atom. The standard InChI is InChI=1S/C13H18BrNO3/c1-10(11-5-3-4-6-12(11)14)15(7-8-18-2)9-13(16)17/h3-6,10H,7-9H2,1-2H3,(H,16,17). The molecule has 18 heavy (non-hydrogen) atoms. The van der Waals surface area contributed by atoms with E-state index in [1.54, 1.807) is 7.11 Å². The van der Waals surface area contributed by atoms with Gasteiger partial charge in [-0.05, 0) is 18.6 Å². The summed E-state index contributed by atoms with van der Waals surface area (Å²) in [7, 11) is 1.61. The van der Waals surface area contributed by atoms with Crippen LogP contribution in [-0.4, -0.2) is 42.8 Å². The van der Waals surface area contributed by atoms with Gasteiger partial charge in [-0.2, -0.15) is 0 Å². The number of aliphatic carboxylic acids is 1. The molecule has 0 bridgehead atoms. The van der Waals surface area contributed by atoms with Crippen LogP contribution in [0.2, 0.25) is 0 Å². The Kier molecular flexibility index (Phi) is 6.32. The molecule has 1 aromatic carbocycles. The van der Waals surface area contributed by atoms with Crippen LogP contribution in [-0.2, 0) is 9.53 Å². The molecule has 0 aromatic heterocycles. The highest BCUT2D eigenvalue weighted by atomic mass is 79.9. The second kappa shape index (κ2) is 7.51. The average Bonchev–Trinajstić information content (AvgIpc) is 2.34. The Balaban J connectivity index is 2.83. The van der Waals surface area contributed by atoms with E-state index in [0.29, 0.717) is 13.2 Å². The van der Waals surface area contributed by atoms with Crippen LogP contribution in [0.15, 0.2) is 28.7 Å². The first-order valence-electron chi connectivity index (χ1n) is 5.75. The number of carboxylic acids is 1. The van der Waals surface area contributed by atoms with Crippen LogP contribution in [0.3, 0.4) is 0 Å². The van der Waals surface area contributed by atoms with Crippen molar-refractivity contribution in [3.63, 3.8) is 0 Å². The van der Waals surface area contributed by atoms with Gasteiger partial charge in [-0.15, -0.1) is 0 Å². The number of halogens is 1. The fourth-order valence-electron chi connectivity index (χ4n) is 1.80. The van der Waals surface area contributed by atoms with E-state index >= 15 is 0 Å². The average molecular weight is 316 g/mol. The van der Waals surface area contributed by atoms with Gasteiger partial charge in [-0.25, -0.2) is 0 Å². The van der Waals surface area contributed by atoms with E-state index in [1.165, 1.54) is 0 Å². The molecule has 0 aliphatic heterocycles. The molecule has 5 heteroatoms. The molecule has 0 radical (unpaired) electrons. The summed E-state index contributed by atoms with van der Waals surface area (Å²) in [5.74, 6) is -0.829. The Bertz CT molecular complexity index is 398. The summed E-state index contributed by atoms with van der Waals surface area (Å²) >= 11 is 3.49. The topological polar surface area (TPSA) is 49.8 Å². The number of methoxy groups -OCH3 is 1. The molecule has 4 nitrogen and oxygen atoms in total. The summed E-state index contributed by atoms with van der Waals surface area (Å²) in [6, 6.07) is 7.87. The zero-order valence-electron chi connectivity index (χ0n) is 10.6. The molecule has 0 aliphatic rings. The third-order valence-corrected chi connectivity index (χ3v) is 3.55. The van der Waals surface area contributed by atoms with Crippen LogP contribution in [0.5, 0.6) is 0 Å². The second-order valence-corrected chi connectivity index (χ2v) is 4.91. The number of benzene rings is 1. The van der Waals surface area contributed by atoms with Crippen LogP contribution in [0, 0.1) is 0 Å². The van der Waals surface area contributed by atoms with Gasteiger partial charge >= 0.3 is 5.97 Å². The molecule has 0 heterocycles. The summed E-state index contributed by atoms with van der Waals surface area (Å²) in [4.78, 5) is 12.8. The van der Waals surface area contributed by atoms with Crippen molar-refractivity contribution in [3.8, 4) is 0 Å². The minimum Gasteiger partial charge on any atom is -0.480 e. The highest BCUT2D eigenvalue weighted by molar-refractivity contribution is 9.10. The first-order valence-corrected chi connectivity index (χ1v) is 6.54. The molecule has 0 fully saturated rings. The van der Waals surface area contributed by atoms with Crippen molar-refractivity contribution < 1.29 is 14.6 Å². The number of nitrogens with zero attached hydrogens (tertiary/aromatic N) is 1. The fourth-order valence-corrected chi connectivity index (χ4v) is 2.42. The van der Waals surface area contributed by atoms with Crippen LogP contribution in [0.1, 0.15) is 18.5 Å². The van der Waals surface area contributed by atoms with Crippen molar-refractivity contribution in [1.29, 1.82) is 0 Å². The summed E-state index contributed by atoms with van der Waals surface area (Å²) in [6.45, 7) is 3.11. The first-order chi connectivity index (χ1) is 8.56. The molecule has 1 atom stereocenters. The van der Waals surface area contributed by atoms with Gasteiger partial charge in [0, 0.05) is 24.2 Å². The van der Waals surface area contributed by atoms with Gasteiger partial charge in [0.05, 0.1) is 13.2 Å². The van der Waals surface area contributed by atoms with Crippen LogP contribution < -0.4 is 0 Å². The SMILES string of the molecule is COCCN(CC(=O)O)C(C)c1ccccc1Br. The van der Waals surface area contributed by atoms with Gasteiger partial charge in [0.2, 0.25) is 0 Å². The third-order valence-electron chi connectivity index (χ3n) is 2.82. The Hall–Kier alpha value is -0.910. The number of carbonyl (C=O) groups is 1. The molecule has 0 spiro atoms. The maximum Gasteiger partial charge on any atom is 0.317 e. The Morgan fingerprint density at radius 1 is 1.50 bits per heavy atom. The molecule has 0 saturated carbocycles. The van der Waals surface area contributed by atoms with Crippen molar-refractivity contribution >= 4 is 21.9 Å². The molecule has 100 valence electrons. The zero-order valence-corrected chi connectivity index (χ0v) is 12.2. The summed E-state index contributed by atoms with van der Waals surface area (Å²) < 4.78 is 6.01. The Morgan fingerprint density at radius 3 is 2.72 bits per heavy atom. The summed E-state index contributed by atoms with van der Waals surface area (Å²) in [5, 5.41) is 8.95. The molecule has 1 unspecified atom stereocenters. The predicted molar refractivity (Wildman–Crippen MR) is 73.6 cm³/mol. The van der Waals surface area contributed by atoms with Crippen LogP contribution in [0.25, 0.3) is 0 Å². The Labute approximate surface area is 116 Å². The third kappa shape index (κ3) is 4.40. The predicted octanol–water partition coefficient (Wildman–Crippen LogP) is 2.54. The molecule has 1 aromatic rings. The number of carboxylic acid groups (broad SMARTS) is 1. The van der Waals surface area contributed by atoms with Gasteiger partial charge < -0.3 is 9.84 Å². The van der Waals surface area contributed by atoms with Gasteiger partial charge in [-0.1, -0.05) is 34.1 Å². The van der Waals surface area contributed by atoms with Gasteiger partial charge in [-0.3, -0.25) is 9.69 Å². The van der Waals surface area contributed by atoms with Crippen LogP contribution >= 0.6 is 15.9 Å². The molecular weight excluding hydrogens is 298 g/mol. The van der Waals surface area contributed by atoms with Crippen molar-refractivity contribution in [2.45, 2.75) is 13.0 Å². The largest absolute Gasteiger partial charge is 0.480 e. The maximum atomic E-state index is 10.9. The molecule has 0 aliphatic carbocycles. The van der Waals surface area contributed by atoms with E-state index < -0.39 is 5.97 Å². The number of rotatable bonds is 7. The molecular formula is C13H18BrNO3. The highest BCUT2D eigenvalue weighted by Crippen LogP contribution is 2.27. The lowest BCUT2D eigenvalue weighted by Gasteiger charge is -2.28. The molecule has 1 N–H and O–H groups in total. The van der Waals surface area contributed by atoms with E-state index in [2.05, 4.69) is 15.9 Å². The maximum absolute atomic E-state index is 10.9. The van der Waals surface area contributed by atoms with E-state index in [0.717, 1.165) is 10.0 Å². The van der Waals surface area contributed by atoms with Crippen molar-refractivity contribution in [3.05, 3.63) is 34.3 Å².